The van der Waals surface area contributed by atoms with Gasteiger partial charge in [-0.3, -0.25) is 0 Å². The van der Waals surface area contributed by atoms with Crippen molar-refractivity contribution in [2.24, 2.45) is 0 Å². The lowest BCUT2D eigenvalue weighted by molar-refractivity contribution is 0.552. The number of rotatable bonds is 5. The van der Waals surface area contributed by atoms with Crippen LogP contribution in [0.25, 0.3) is 11.0 Å². The van der Waals surface area contributed by atoms with E-state index in [2.05, 4.69) is 32.9 Å². The molecule has 2 aromatic rings. The molecule has 116 valence electrons. The van der Waals surface area contributed by atoms with Gasteiger partial charge in [0, 0.05) is 10.9 Å². The Morgan fingerprint density at radius 1 is 1.14 bits per heavy atom. The van der Waals surface area contributed by atoms with Gasteiger partial charge in [-0.2, -0.15) is 0 Å². The lowest BCUT2D eigenvalue weighted by atomic mass is 10.1. The van der Waals surface area contributed by atoms with E-state index < -0.39 is 0 Å². The predicted molar refractivity (Wildman–Crippen MR) is 93.3 cm³/mol. The summed E-state index contributed by atoms with van der Waals surface area (Å²) in [5, 5.41) is 0.982. The molecule has 0 atom stereocenters. The molecule has 0 aliphatic carbocycles. The van der Waals surface area contributed by atoms with Gasteiger partial charge in [0.15, 0.2) is 0 Å². The van der Waals surface area contributed by atoms with Crippen molar-refractivity contribution in [3.8, 4) is 0 Å². The molecule has 0 spiro atoms. The van der Waals surface area contributed by atoms with Gasteiger partial charge < -0.3 is 4.42 Å². The largest absolute Gasteiger partial charge is 0.423 e. The van der Waals surface area contributed by atoms with E-state index in [1.54, 1.807) is 0 Å². The van der Waals surface area contributed by atoms with Gasteiger partial charge in [0.2, 0.25) is 0 Å². The van der Waals surface area contributed by atoms with E-state index >= 15 is 0 Å². The highest BCUT2D eigenvalue weighted by Gasteiger charge is 2.04. The van der Waals surface area contributed by atoms with Crippen molar-refractivity contribution < 1.29 is 4.42 Å². The van der Waals surface area contributed by atoms with Gasteiger partial charge in [-0.25, -0.2) is 4.79 Å². The second-order valence-corrected chi connectivity index (χ2v) is 6.18. The highest BCUT2D eigenvalue weighted by atomic mass is 16.4. The van der Waals surface area contributed by atoms with E-state index in [-0.39, 0.29) is 5.63 Å². The molecule has 0 N–H and O–H groups in total. The molecule has 2 heteroatoms. The molecular formula is C20H24O2. The van der Waals surface area contributed by atoms with Crippen LogP contribution in [0.3, 0.4) is 0 Å². The number of hydrogen-bond acceptors (Lipinski definition) is 2. The Bertz CT molecular complexity index is 772. The third-order valence-corrected chi connectivity index (χ3v) is 3.73. The second kappa shape index (κ2) is 7.26. The maximum Gasteiger partial charge on any atom is 0.339 e. The molecule has 0 aliphatic rings. The summed E-state index contributed by atoms with van der Waals surface area (Å²) in [6.07, 6.45) is 7.08. The van der Waals surface area contributed by atoms with Gasteiger partial charge in [0.1, 0.15) is 5.58 Å². The van der Waals surface area contributed by atoms with Crippen molar-refractivity contribution in [1.29, 1.82) is 0 Å². The molecule has 2 rings (SSSR count). The summed E-state index contributed by atoms with van der Waals surface area (Å²) >= 11 is 0. The van der Waals surface area contributed by atoms with Gasteiger partial charge in [0.25, 0.3) is 0 Å². The Kier molecular flexibility index (Phi) is 5.37. The van der Waals surface area contributed by atoms with Crippen molar-refractivity contribution in [3.63, 3.8) is 0 Å². The Balaban J connectivity index is 2.14. The smallest absolute Gasteiger partial charge is 0.339 e. The van der Waals surface area contributed by atoms with E-state index in [1.165, 1.54) is 11.1 Å². The molecule has 1 heterocycles. The molecule has 1 aromatic heterocycles. The van der Waals surface area contributed by atoms with Crippen LogP contribution in [0.4, 0.5) is 0 Å². The zero-order valence-electron chi connectivity index (χ0n) is 13.9. The summed E-state index contributed by atoms with van der Waals surface area (Å²) in [5.41, 5.74) is 4.90. The zero-order valence-corrected chi connectivity index (χ0v) is 13.9. The van der Waals surface area contributed by atoms with Crippen LogP contribution in [-0.2, 0) is 6.42 Å². The number of hydrogen-bond donors (Lipinski definition) is 0. The Morgan fingerprint density at radius 3 is 2.64 bits per heavy atom. The lowest BCUT2D eigenvalue weighted by Gasteiger charge is -2.02. The van der Waals surface area contributed by atoms with Crippen molar-refractivity contribution in [2.45, 2.75) is 47.0 Å². The molecule has 1 aromatic carbocycles. The summed E-state index contributed by atoms with van der Waals surface area (Å²) in [4.78, 5) is 12.1. The third kappa shape index (κ3) is 4.45. The Hall–Kier alpha value is -2.09. The quantitative estimate of drug-likeness (QED) is 0.551. The van der Waals surface area contributed by atoms with Crippen LogP contribution in [-0.4, -0.2) is 0 Å². The fourth-order valence-corrected chi connectivity index (χ4v) is 2.38. The van der Waals surface area contributed by atoms with E-state index in [0.717, 1.165) is 29.4 Å². The first-order valence-electron chi connectivity index (χ1n) is 7.78. The van der Waals surface area contributed by atoms with Gasteiger partial charge >= 0.3 is 5.63 Å². The van der Waals surface area contributed by atoms with E-state index in [0.29, 0.717) is 12.0 Å². The third-order valence-electron chi connectivity index (χ3n) is 3.73. The maximum absolute atomic E-state index is 12.1. The molecule has 0 unspecified atom stereocenters. The zero-order chi connectivity index (χ0) is 16.1. The molecule has 0 saturated carbocycles. The predicted octanol–water partition coefficient (Wildman–Crippen LogP) is 5.34. The molecule has 0 aliphatic heterocycles. The lowest BCUT2D eigenvalue weighted by Crippen LogP contribution is -2.06. The average Bonchev–Trinajstić information content (AvgIpc) is 2.44. The summed E-state index contributed by atoms with van der Waals surface area (Å²) in [7, 11) is 0. The second-order valence-electron chi connectivity index (χ2n) is 6.18. The summed E-state index contributed by atoms with van der Waals surface area (Å²) in [5.74, 6) is 0. The molecule has 0 amide bonds. The van der Waals surface area contributed by atoms with Crippen LogP contribution in [0.5, 0.6) is 0 Å². The van der Waals surface area contributed by atoms with Crippen LogP contribution in [0.1, 0.15) is 44.7 Å². The first-order valence-corrected chi connectivity index (χ1v) is 7.78. The van der Waals surface area contributed by atoms with Crippen LogP contribution < -0.4 is 5.63 Å². The number of fused-ring (bicyclic) bond motifs is 1. The number of benzene rings is 1. The van der Waals surface area contributed by atoms with Crippen molar-refractivity contribution in [2.75, 3.05) is 0 Å². The van der Waals surface area contributed by atoms with Crippen LogP contribution in [0, 0.1) is 6.92 Å². The monoisotopic (exact) mass is 296 g/mol. The van der Waals surface area contributed by atoms with Gasteiger partial charge in [-0.05, 0) is 64.7 Å². The maximum atomic E-state index is 12.1. The summed E-state index contributed by atoms with van der Waals surface area (Å²) in [6.45, 7) is 8.33. The minimum atomic E-state index is -0.230. The van der Waals surface area contributed by atoms with E-state index in [9.17, 15) is 4.79 Å². The SMILES string of the molecule is CC(C)=CCC/C(C)=C/Cc1cc2ccc(C)cc2oc1=O. The number of allylic oxidation sites excluding steroid dienone is 4. The molecular weight excluding hydrogens is 272 g/mol. The highest BCUT2D eigenvalue weighted by molar-refractivity contribution is 5.77. The molecule has 0 radical (unpaired) electrons. The Labute approximate surface area is 132 Å². The van der Waals surface area contributed by atoms with Gasteiger partial charge in [0.05, 0.1) is 0 Å². The highest BCUT2D eigenvalue weighted by Crippen LogP contribution is 2.16. The Morgan fingerprint density at radius 2 is 1.91 bits per heavy atom. The van der Waals surface area contributed by atoms with Gasteiger partial charge in [-0.1, -0.05) is 35.4 Å². The van der Waals surface area contributed by atoms with Gasteiger partial charge in [-0.15, -0.1) is 0 Å². The van der Waals surface area contributed by atoms with Crippen LogP contribution in [0.2, 0.25) is 0 Å². The average molecular weight is 296 g/mol. The molecule has 2 nitrogen and oxygen atoms in total. The fraction of sp³-hybridized carbons (Fsp3) is 0.350. The first-order chi connectivity index (χ1) is 10.5. The molecule has 0 fully saturated rings. The van der Waals surface area contributed by atoms with Crippen LogP contribution >= 0.6 is 0 Å². The van der Waals surface area contributed by atoms with E-state index in [4.69, 9.17) is 4.42 Å². The fourth-order valence-electron chi connectivity index (χ4n) is 2.38. The molecule has 22 heavy (non-hydrogen) atoms. The topological polar surface area (TPSA) is 30.2 Å². The van der Waals surface area contributed by atoms with Crippen molar-refractivity contribution in [3.05, 3.63) is 69.1 Å². The summed E-state index contributed by atoms with van der Waals surface area (Å²) in [6, 6.07) is 7.89. The minimum Gasteiger partial charge on any atom is -0.423 e. The van der Waals surface area contributed by atoms with Crippen LogP contribution in [0.15, 0.2) is 56.8 Å². The van der Waals surface area contributed by atoms with Crippen molar-refractivity contribution in [1.82, 2.24) is 0 Å². The normalized spacial score (nSPS) is 11.7. The van der Waals surface area contributed by atoms with E-state index in [1.807, 2.05) is 31.2 Å². The minimum absolute atomic E-state index is 0.230. The summed E-state index contributed by atoms with van der Waals surface area (Å²) < 4.78 is 5.42. The first kappa shape index (κ1) is 16.3. The van der Waals surface area contributed by atoms with Crippen molar-refractivity contribution >= 4 is 11.0 Å². The molecule has 0 bridgehead atoms. The molecule has 0 saturated heterocycles. The number of aryl methyl sites for hydroxylation is 1. The standard InChI is InChI=1S/C20H24O2/c1-14(2)6-5-7-15(3)8-11-18-13-17-10-9-16(4)12-19(17)22-20(18)21/h6,8-10,12-13H,5,7,11H2,1-4H3/b15-8+.